The van der Waals surface area contributed by atoms with Gasteiger partial charge in [0.2, 0.25) is 0 Å². The molecule has 0 aliphatic carbocycles. The zero-order valence-corrected chi connectivity index (χ0v) is 13.1. The van der Waals surface area contributed by atoms with Gasteiger partial charge in [0.05, 0.1) is 6.54 Å². The van der Waals surface area contributed by atoms with Crippen LogP contribution in [0.1, 0.15) is 27.2 Å². The highest BCUT2D eigenvalue weighted by Crippen LogP contribution is 2.06. The highest BCUT2D eigenvalue weighted by molar-refractivity contribution is 5.87. The Balaban J connectivity index is 1.80. The van der Waals surface area contributed by atoms with Crippen molar-refractivity contribution in [2.75, 3.05) is 6.54 Å². The summed E-state index contributed by atoms with van der Waals surface area (Å²) in [7, 11) is 0. The van der Waals surface area contributed by atoms with Crippen LogP contribution in [0.3, 0.4) is 0 Å². The third-order valence-electron chi connectivity index (χ3n) is 3.05. The molecule has 0 bridgehead atoms. The van der Waals surface area contributed by atoms with Crippen LogP contribution in [0.5, 0.6) is 0 Å². The Morgan fingerprint density at radius 3 is 2.71 bits per heavy atom. The molecule has 1 heterocycles. The van der Waals surface area contributed by atoms with E-state index in [0.29, 0.717) is 11.1 Å². The number of carbonyl (C=O) groups is 2. The number of carbonyl (C=O) groups excluding carboxylic acids is 1. The Morgan fingerprint density at radius 2 is 2.04 bits per heavy atom. The Kier molecular flexibility index (Phi) is 5.92. The van der Waals surface area contributed by atoms with Gasteiger partial charge in [0, 0.05) is 11.8 Å². The van der Waals surface area contributed by atoms with Crippen molar-refractivity contribution in [3.8, 4) is 11.8 Å². The molecule has 0 atom stereocenters. The van der Waals surface area contributed by atoms with Gasteiger partial charge in [-0.25, -0.2) is 14.6 Å². The summed E-state index contributed by atoms with van der Waals surface area (Å²) in [6.45, 7) is 1.97. The molecule has 2 N–H and O–H groups in total. The SMILES string of the molecule is Cc1cc(C#CCNC(=O)OCc2ccccc2)cnc1C(=O)O. The standard InChI is InChI=1S/C18H16N2O4/c1-13-10-15(11-20-16(13)17(21)22)8-5-9-19-18(23)24-12-14-6-3-2-4-7-14/h2-4,6-7,10-11H,9,12H2,1H3,(H,19,23)(H,21,22). The van der Waals surface area contributed by atoms with Crippen LogP contribution >= 0.6 is 0 Å². The molecule has 1 amide bonds. The van der Waals surface area contributed by atoms with Crippen LogP contribution in [0.2, 0.25) is 0 Å². The van der Waals surface area contributed by atoms with Crippen molar-refractivity contribution in [1.82, 2.24) is 10.3 Å². The van der Waals surface area contributed by atoms with Crippen LogP contribution in [-0.4, -0.2) is 28.7 Å². The fraction of sp³-hybridized carbons (Fsp3) is 0.167. The molecule has 1 aromatic heterocycles. The van der Waals surface area contributed by atoms with E-state index in [9.17, 15) is 9.59 Å². The number of pyridine rings is 1. The third-order valence-corrected chi connectivity index (χ3v) is 3.05. The summed E-state index contributed by atoms with van der Waals surface area (Å²) in [4.78, 5) is 26.2. The van der Waals surface area contributed by atoms with Gasteiger partial charge in [0.1, 0.15) is 6.61 Å². The molecule has 0 spiro atoms. The minimum absolute atomic E-state index is 0.00293. The van der Waals surface area contributed by atoms with E-state index < -0.39 is 12.1 Å². The first-order valence-corrected chi connectivity index (χ1v) is 7.19. The molecule has 0 fully saturated rings. The number of ether oxygens (including phenoxy) is 1. The van der Waals surface area contributed by atoms with E-state index in [0.717, 1.165) is 5.56 Å². The summed E-state index contributed by atoms with van der Waals surface area (Å²) in [5.41, 5.74) is 2.02. The fourth-order valence-corrected chi connectivity index (χ4v) is 1.90. The molecular weight excluding hydrogens is 308 g/mol. The number of hydrogen-bond donors (Lipinski definition) is 2. The number of amides is 1. The van der Waals surface area contributed by atoms with Gasteiger partial charge in [-0.3, -0.25) is 0 Å². The van der Waals surface area contributed by atoms with Gasteiger partial charge < -0.3 is 15.2 Å². The van der Waals surface area contributed by atoms with Crippen molar-refractivity contribution in [3.05, 3.63) is 65.0 Å². The smallest absolute Gasteiger partial charge is 0.408 e. The van der Waals surface area contributed by atoms with Crippen molar-refractivity contribution >= 4 is 12.1 Å². The maximum Gasteiger partial charge on any atom is 0.408 e. The Bertz CT molecular complexity index is 792. The van der Waals surface area contributed by atoms with Crippen LogP contribution in [-0.2, 0) is 11.3 Å². The van der Waals surface area contributed by atoms with Crippen molar-refractivity contribution in [2.45, 2.75) is 13.5 Å². The molecule has 122 valence electrons. The number of nitrogens with zero attached hydrogens (tertiary/aromatic N) is 1. The highest BCUT2D eigenvalue weighted by atomic mass is 16.5. The van der Waals surface area contributed by atoms with Crippen LogP contribution in [0, 0.1) is 18.8 Å². The second-order valence-electron chi connectivity index (χ2n) is 4.91. The fourth-order valence-electron chi connectivity index (χ4n) is 1.90. The molecule has 2 aromatic rings. The number of alkyl carbamates (subject to hydrolysis) is 1. The molecule has 0 saturated carbocycles. The van der Waals surface area contributed by atoms with Crippen LogP contribution in [0.15, 0.2) is 42.6 Å². The molecule has 0 aliphatic rings. The summed E-state index contributed by atoms with van der Waals surface area (Å²) < 4.78 is 5.05. The van der Waals surface area contributed by atoms with Gasteiger partial charge >= 0.3 is 12.1 Å². The van der Waals surface area contributed by atoms with Crippen LogP contribution in [0.25, 0.3) is 0 Å². The second kappa shape index (κ2) is 8.34. The topological polar surface area (TPSA) is 88.5 Å². The Morgan fingerprint density at radius 1 is 1.29 bits per heavy atom. The van der Waals surface area contributed by atoms with Gasteiger partial charge in [0.25, 0.3) is 0 Å². The zero-order chi connectivity index (χ0) is 17.4. The largest absolute Gasteiger partial charge is 0.477 e. The lowest BCUT2D eigenvalue weighted by Crippen LogP contribution is -2.24. The summed E-state index contributed by atoms with van der Waals surface area (Å²) >= 11 is 0. The summed E-state index contributed by atoms with van der Waals surface area (Å²) in [6.07, 6.45) is 0.834. The normalized spacial score (nSPS) is 9.54. The van der Waals surface area contributed by atoms with Gasteiger partial charge in [-0.1, -0.05) is 42.2 Å². The molecular formula is C18H16N2O4. The number of carboxylic acids is 1. The Hall–Kier alpha value is -3.33. The number of aryl methyl sites for hydroxylation is 1. The van der Waals surface area contributed by atoms with Crippen LogP contribution in [0.4, 0.5) is 4.79 Å². The summed E-state index contributed by atoms with van der Waals surface area (Å²) in [6, 6.07) is 11.0. The molecule has 0 radical (unpaired) electrons. The number of carboxylic acid groups (broad SMARTS) is 1. The first kappa shape index (κ1) is 17.0. The quantitative estimate of drug-likeness (QED) is 0.843. The zero-order valence-electron chi connectivity index (χ0n) is 13.1. The minimum Gasteiger partial charge on any atom is -0.477 e. The number of benzene rings is 1. The average Bonchev–Trinajstić information content (AvgIpc) is 2.57. The molecule has 0 unspecified atom stereocenters. The van der Waals surface area contributed by atoms with Gasteiger partial charge in [-0.05, 0) is 24.1 Å². The minimum atomic E-state index is -1.07. The summed E-state index contributed by atoms with van der Waals surface area (Å²) in [5.74, 6) is 4.49. The molecule has 2 rings (SSSR count). The van der Waals surface area contributed by atoms with E-state index in [-0.39, 0.29) is 18.8 Å². The maximum absolute atomic E-state index is 11.5. The number of aromatic nitrogens is 1. The van der Waals surface area contributed by atoms with E-state index in [2.05, 4.69) is 22.1 Å². The van der Waals surface area contributed by atoms with E-state index in [4.69, 9.17) is 9.84 Å². The van der Waals surface area contributed by atoms with E-state index >= 15 is 0 Å². The molecule has 0 aliphatic heterocycles. The monoisotopic (exact) mass is 324 g/mol. The van der Waals surface area contributed by atoms with Gasteiger partial charge in [0.15, 0.2) is 5.69 Å². The lowest BCUT2D eigenvalue weighted by Gasteiger charge is -2.04. The molecule has 0 saturated heterocycles. The molecule has 1 aromatic carbocycles. The number of aromatic carboxylic acids is 1. The second-order valence-corrected chi connectivity index (χ2v) is 4.91. The van der Waals surface area contributed by atoms with Gasteiger partial charge in [-0.15, -0.1) is 0 Å². The molecule has 6 heteroatoms. The van der Waals surface area contributed by atoms with Crippen molar-refractivity contribution in [1.29, 1.82) is 0 Å². The first-order chi connectivity index (χ1) is 11.6. The highest BCUT2D eigenvalue weighted by Gasteiger charge is 2.08. The van der Waals surface area contributed by atoms with E-state index in [1.807, 2.05) is 30.3 Å². The first-order valence-electron chi connectivity index (χ1n) is 7.19. The predicted octanol–water partition coefficient (Wildman–Crippen LogP) is 2.37. The van der Waals surface area contributed by atoms with Crippen molar-refractivity contribution in [3.63, 3.8) is 0 Å². The lowest BCUT2D eigenvalue weighted by molar-refractivity contribution is 0.0689. The predicted molar refractivity (Wildman–Crippen MR) is 87.4 cm³/mol. The van der Waals surface area contributed by atoms with Crippen molar-refractivity contribution < 1.29 is 19.4 Å². The number of hydrogen-bond acceptors (Lipinski definition) is 4. The van der Waals surface area contributed by atoms with Gasteiger partial charge in [-0.2, -0.15) is 0 Å². The molecule has 24 heavy (non-hydrogen) atoms. The average molecular weight is 324 g/mol. The number of nitrogens with one attached hydrogen (secondary N) is 1. The van der Waals surface area contributed by atoms with E-state index in [1.54, 1.807) is 13.0 Å². The Labute approximate surface area is 139 Å². The van der Waals surface area contributed by atoms with Crippen LogP contribution < -0.4 is 5.32 Å². The lowest BCUT2D eigenvalue weighted by atomic mass is 10.1. The molecule has 6 nitrogen and oxygen atoms in total. The third kappa shape index (κ3) is 5.14. The van der Waals surface area contributed by atoms with Crippen molar-refractivity contribution in [2.24, 2.45) is 0 Å². The number of rotatable bonds is 4. The maximum atomic E-state index is 11.5. The van der Waals surface area contributed by atoms with E-state index in [1.165, 1.54) is 6.20 Å². The summed E-state index contributed by atoms with van der Waals surface area (Å²) in [5, 5.41) is 11.4.